The van der Waals surface area contributed by atoms with Gasteiger partial charge >= 0.3 is 17.1 Å². The first kappa shape index (κ1) is 31.0. The van der Waals surface area contributed by atoms with Gasteiger partial charge in [-0.05, 0) is 102 Å². The number of hydrogen-bond donors (Lipinski definition) is 0. The molecule has 225 valence electrons. The fraction of sp³-hybridized carbons (Fsp3) is 0.368. The van der Waals surface area contributed by atoms with Crippen LogP contribution in [0.25, 0.3) is 17.5 Å². The molecule has 0 N–H and O–H groups in total. The minimum absolute atomic E-state index is 0. The molecule has 1 radical (unpaired) electrons. The smallest absolute Gasteiger partial charge is 0.675 e. The van der Waals surface area contributed by atoms with Crippen LogP contribution in [0.5, 0.6) is 0 Å². The van der Waals surface area contributed by atoms with Gasteiger partial charge in [0.1, 0.15) is 0 Å². The van der Waals surface area contributed by atoms with Crippen molar-refractivity contribution in [2.24, 2.45) is 9.98 Å². The minimum Gasteiger partial charge on any atom is -0.675 e. The van der Waals surface area contributed by atoms with E-state index in [1.165, 1.54) is 55.7 Å². The fourth-order valence-corrected chi connectivity index (χ4v) is 6.90. The quantitative estimate of drug-likeness (QED) is 0.315. The Morgan fingerprint density at radius 1 is 0.744 bits per heavy atom. The molecule has 0 aliphatic carbocycles. The van der Waals surface area contributed by atoms with E-state index in [-0.39, 0.29) is 17.1 Å². The molecule has 1 aromatic carbocycles. The van der Waals surface area contributed by atoms with Crippen LogP contribution in [-0.4, -0.2) is 17.0 Å². The molecule has 4 aliphatic heterocycles. The van der Waals surface area contributed by atoms with Crippen molar-refractivity contribution in [2.75, 3.05) is 0 Å². The topological polar surface area (TPSA) is 52.9 Å². The molecule has 0 amide bonds. The third kappa shape index (κ3) is 5.21. The first-order valence-electron chi connectivity index (χ1n) is 15.4. The summed E-state index contributed by atoms with van der Waals surface area (Å²) in [6.45, 7) is 19.9. The Labute approximate surface area is 268 Å². The molecule has 2 aromatic rings. The zero-order valence-electron chi connectivity index (χ0n) is 27.0. The summed E-state index contributed by atoms with van der Waals surface area (Å²) in [7, 11) is 0. The summed E-state index contributed by atoms with van der Waals surface area (Å²) in [5, 5.41) is 5.59. The van der Waals surface area contributed by atoms with Crippen LogP contribution in [0.1, 0.15) is 94.9 Å². The van der Waals surface area contributed by atoms with Crippen molar-refractivity contribution in [3.8, 4) is 0 Å². The van der Waals surface area contributed by atoms with Crippen LogP contribution in [-0.2, 0) is 29.9 Å². The fourth-order valence-electron chi connectivity index (χ4n) is 6.90. The number of nitrogens with zero attached hydrogens (tertiary/aromatic N) is 4. The van der Waals surface area contributed by atoms with Gasteiger partial charge in [-0.15, -0.1) is 17.1 Å². The van der Waals surface area contributed by atoms with E-state index in [1.54, 1.807) is 0 Å². The predicted molar refractivity (Wildman–Crippen MR) is 178 cm³/mol. The first-order valence-corrected chi connectivity index (χ1v) is 15.4. The van der Waals surface area contributed by atoms with Gasteiger partial charge < -0.3 is 10.3 Å². The molecule has 6 rings (SSSR count). The Bertz CT molecular complexity index is 1760. The van der Waals surface area contributed by atoms with E-state index in [0.29, 0.717) is 0 Å². The molecule has 0 spiro atoms. The molecule has 1 unspecified atom stereocenters. The molecule has 4 aliphatic rings. The Hall–Kier alpha value is -3.40. The molecule has 0 saturated heterocycles. The Morgan fingerprint density at radius 3 is 2.12 bits per heavy atom. The second kappa shape index (κ2) is 11.6. The molecule has 0 fully saturated rings. The summed E-state index contributed by atoms with van der Waals surface area (Å²) < 4.78 is 0. The zero-order valence-corrected chi connectivity index (χ0v) is 27.9. The number of aryl methyl sites for hydroxylation is 1. The monoisotopic (exact) mass is 617 g/mol. The summed E-state index contributed by atoms with van der Waals surface area (Å²) in [5.41, 5.74) is 19.5. The van der Waals surface area contributed by atoms with Gasteiger partial charge in [-0.3, -0.25) is 4.99 Å². The van der Waals surface area contributed by atoms with E-state index < -0.39 is 5.54 Å². The van der Waals surface area contributed by atoms with E-state index in [0.717, 1.165) is 65.6 Å². The summed E-state index contributed by atoms with van der Waals surface area (Å²) in [4.78, 5) is 15.6. The second-order valence-corrected chi connectivity index (χ2v) is 12.4. The maximum Gasteiger partial charge on any atom is 2.00 e. The molecule has 43 heavy (non-hydrogen) atoms. The van der Waals surface area contributed by atoms with Crippen LogP contribution < -0.4 is 4.98 Å². The Morgan fingerprint density at radius 2 is 1.44 bits per heavy atom. The SMILES string of the molecule is CCC1=C(C)C2=NC/1=C\c1[n-]c(c(C)c1CC)/C=C1\N=C(CC3(Cc4ccc(C)cc4)[N-]/C(=C\2)C(C)=C3C)C(C)=C1C.[Cu+2]. The van der Waals surface area contributed by atoms with Gasteiger partial charge in [0.25, 0.3) is 0 Å². The van der Waals surface area contributed by atoms with Crippen LogP contribution in [0, 0.1) is 13.8 Å². The van der Waals surface area contributed by atoms with E-state index in [4.69, 9.17) is 20.3 Å². The van der Waals surface area contributed by atoms with Gasteiger partial charge in [-0.25, -0.2) is 4.99 Å². The van der Waals surface area contributed by atoms with Crippen molar-refractivity contribution in [2.45, 2.75) is 93.5 Å². The molecule has 4 nitrogen and oxygen atoms in total. The van der Waals surface area contributed by atoms with Crippen molar-refractivity contribution >= 4 is 23.6 Å². The van der Waals surface area contributed by atoms with Crippen molar-refractivity contribution in [1.29, 1.82) is 0 Å². The van der Waals surface area contributed by atoms with Crippen LogP contribution in [0.4, 0.5) is 0 Å². The third-order valence-electron chi connectivity index (χ3n) is 9.99. The molecule has 0 saturated carbocycles. The normalized spacial score (nSPS) is 25.0. The van der Waals surface area contributed by atoms with Crippen molar-refractivity contribution in [1.82, 2.24) is 4.98 Å². The van der Waals surface area contributed by atoms with Crippen molar-refractivity contribution in [3.05, 3.63) is 120 Å². The zero-order chi connectivity index (χ0) is 29.9. The summed E-state index contributed by atoms with van der Waals surface area (Å²) in [5.74, 6) is 0. The molecule has 5 heteroatoms. The number of rotatable bonds is 4. The molecule has 1 atom stereocenters. The number of allylic oxidation sites excluding steroid dienone is 6. The van der Waals surface area contributed by atoms with Crippen LogP contribution in [0.15, 0.2) is 90.9 Å². The maximum atomic E-state index is 5.59. The minimum atomic E-state index is -0.405. The van der Waals surface area contributed by atoms with Gasteiger partial charge in [0.15, 0.2) is 0 Å². The molecule has 1 aromatic heterocycles. The Balaban J connectivity index is 0.00000368. The third-order valence-corrected chi connectivity index (χ3v) is 9.99. The van der Waals surface area contributed by atoms with Crippen LogP contribution >= 0.6 is 0 Å². The van der Waals surface area contributed by atoms with E-state index in [2.05, 4.69) is 105 Å². The molecule has 5 heterocycles. The van der Waals surface area contributed by atoms with Crippen molar-refractivity contribution in [3.63, 3.8) is 0 Å². The number of aliphatic imine (C=N–C) groups is 2. The van der Waals surface area contributed by atoms with E-state index >= 15 is 0 Å². The average molecular weight is 618 g/mol. The van der Waals surface area contributed by atoms with E-state index in [9.17, 15) is 0 Å². The number of fused-ring (bicyclic) bond motifs is 6. The number of aromatic nitrogens is 1. The van der Waals surface area contributed by atoms with Crippen LogP contribution in [0.2, 0.25) is 0 Å². The average Bonchev–Trinajstić information content (AvgIpc) is 3.59. The summed E-state index contributed by atoms with van der Waals surface area (Å²) in [6.07, 6.45) is 10.1. The van der Waals surface area contributed by atoms with E-state index in [1.807, 2.05) is 0 Å². The standard InChI is InChI=1S/C38H42N4.Cu/c1-10-29-25(7)32-16-31-22(4)23(5)37(41-31)20-38(19-28-14-12-21(3)13-15-28)27(9)24(6)34(42-38)17-33-26(8)30(11-2)36(40-33)18-35(29)39-32;/h12-18H,10-11,19-20H2,1-9H3;/q-2;+2/b31-16-,34-17-,36-18-;. The largest absolute Gasteiger partial charge is 2.00 e. The Kier molecular flexibility index (Phi) is 8.37. The predicted octanol–water partition coefficient (Wildman–Crippen LogP) is 9.47. The number of hydrogen-bond acceptors (Lipinski definition) is 2. The van der Waals surface area contributed by atoms with Gasteiger partial charge in [-0.2, -0.15) is 0 Å². The van der Waals surface area contributed by atoms with Crippen molar-refractivity contribution < 1.29 is 17.1 Å². The number of benzene rings is 1. The van der Waals surface area contributed by atoms with Gasteiger partial charge in [-0.1, -0.05) is 89.7 Å². The maximum absolute atomic E-state index is 5.59. The van der Waals surface area contributed by atoms with Crippen LogP contribution in [0.3, 0.4) is 0 Å². The molecular formula is C38H42CuN4. The van der Waals surface area contributed by atoms with Gasteiger partial charge in [0.2, 0.25) is 0 Å². The molecular weight excluding hydrogens is 576 g/mol. The summed E-state index contributed by atoms with van der Waals surface area (Å²) in [6, 6.07) is 8.92. The molecule has 8 bridgehead atoms. The van der Waals surface area contributed by atoms with Gasteiger partial charge in [0, 0.05) is 5.71 Å². The summed E-state index contributed by atoms with van der Waals surface area (Å²) >= 11 is 0. The first-order chi connectivity index (χ1) is 20.0. The van der Waals surface area contributed by atoms with Gasteiger partial charge in [0.05, 0.1) is 17.1 Å². The second-order valence-electron chi connectivity index (χ2n) is 12.4.